The van der Waals surface area contributed by atoms with E-state index in [1.807, 2.05) is 0 Å². The summed E-state index contributed by atoms with van der Waals surface area (Å²) in [5.41, 5.74) is 0.229. The number of carbonyl (C=O) groups is 1. The molecule has 1 saturated heterocycles. The topological polar surface area (TPSA) is 98.5 Å². The van der Waals surface area contributed by atoms with Crippen LogP contribution in [0.3, 0.4) is 0 Å². The van der Waals surface area contributed by atoms with Gasteiger partial charge in [-0.3, -0.25) is 9.59 Å². The van der Waals surface area contributed by atoms with Crippen LogP contribution in [-0.4, -0.2) is 48.2 Å². The van der Waals surface area contributed by atoms with Crippen molar-refractivity contribution in [3.8, 4) is 0 Å². The first-order valence-corrected chi connectivity index (χ1v) is 9.64. The normalized spacial score (nSPS) is 17.5. The average molecular weight is 384 g/mol. The Balaban J connectivity index is 1.45. The second-order valence-corrected chi connectivity index (χ2v) is 7.72. The lowest BCUT2D eigenvalue weighted by atomic mass is 9.98. The molecule has 1 atom stereocenters. The molecule has 0 spiro atoms. The molecule has 9 nitrogen and oxygen atoms in total. The SMILES string of the molecule is CC(C)Cc1noc([C@@H]2CCCN(C(=O)Cn3ncn4cccc4c3=O)C2)n1. The zero-order valence-corrected chi connectivity index (χ0v) is 16.1. The smallest absolute Gasteiger partial charge is 0.291 e. The van der Waals surface area contributed by atoms with E-state index in [9.17, 15) is 9.59 Å². The van der Waals surface area contributed by atoms with E-state index in [0.717, 1.165) is 19.3 Å². The van der Waals surface area contributed by atoms with Crippen molar-refractivity contribution < 1.29 is 9.32 Å². The number of hydrogen-bond donors (Lipinski definition) is 0. The third kappa shape index (κ3) is 3.69. The highest BCUT2D eigenvalue weighted by Crippen LogP contribution is 2.26. The molecule has 148 valence electrons. The van der Waals surface area contributed by atoms with Gasteiger partial charge in [0.2, 0.25) is 11.8 Å². The molecule has 0 radical (unpaired) electrons. The molecule has 9 heteroatoms. The van der Waals surface area contributed by atoms with Crippen LogP contribution in [0.4, 0.5) is 0 Å². The minimum Gasteiger partial charge on any atom is -0.340 e. The van der Waals surface area contributed by atoms with Gasteiger partial charge in [-0.1, -0.05) is 19.0 Å². The summed E-state index contributed by atoms with van der Waals surface area (Å²) in [6.07, 6.45) is 5.83. The molecule has 1 fully saturated rings. The van der Waals surface area contributed by atoms with Crippen LogP contribution in [0.1, 0.15) is 44.3 Å². The van der Waals surface area contributed by atoms with Crippen molar-refractivity contribution >= 4 is 11.4 Å². The van der Waals surface area contributed by atoms with Crippen LogP contribution in [0, 0.1) is 5.92 Å². The van der Waals surface area contributed by atoms with Gasteiger partial charge in [0, 0.05) is 25.7 Å². The molecule has 1 amide bonds. The van der Waals surface area contributed by atoms with Crippen LogP contribution in [0.25, 0.3) is 5.52 Å². The number of likely N-dealkylation sites (tertiary alicyclic amines) is 1. The van der Waals surface area contributed by atoms with Gasteiger partial charge in [0.15, 0.2) is 5.82 Å². The van der Waals surface area contributed by atoms with Crippen molar-refractivity contribution in [2.75, 3.05) is 13.1 Å². The van der Waals surface area contributed by atoms with E-state index in [-0.39, 0.29) is 23.9 Å². The summed E-state index contributed by atoms with van der Waals surface area (Å²) in [7, 11) is 0. The van der Waals surface area contributed by atoms with Gasteiger partial charge < -0.3 is 13.8 Å². The third-order valence-corrected chi connectivity index (χ3v) is 5.03. The van der Waals surface area contributed by atoms with Gasteiger partial charge in [-0.25, -0.2) is 4.68 Å². The third-order valence-electron chi connectivity index (χ3n) is 5.03. The number of piperidine rings is 1. The van der Waals surface area contributed by atoms with E-state index in [4.69, 9.17) is 4.52 Å². The fraction of sp³-hybridized carbons (Fsp3) is 0.526. The summed E-state index contributed by atoms with van der Waals surface area (Å²) in [5.74, 6) is 1.67. The molecule has 0 N–H and O–H groups in total. The van der Waals surface area contributed by atoms with Crippen LogP contribution in [0.2, 0.25) is 0 Å². The lowest BCUT2D eigenvalue weighted by Gasteiger charge is -2.31. The molecule has 1 aliphatic rings. The number of rotatable bonds is 5. The summed E-state index contributed by atoms with van der Waals surface area (Å²) >= 11 is 0. The molecule has 28 heavy (non-hydrogen) atoms. The Morgan fingerprint density at radius 2 is 2.25 bits per heavy atom. The average Bonchev–Trinajstić information content (AvgIpc) is 3.33. The van der Waals surface area contributed by atoms with Crippen LogP contribution in [0.5, 0.6) is 0 Å². The lowest BCUT2D eigenvalue weighted by molar-refractivity contribution is -0.133. The molecule has 0 unspecified atom stereocenters. The Labute approximate surface area is 162 Å². The minimum absolute atomic E-state index is 0.0314. The van der Waals surface area contributed by atoms with Gasteiger partial charge >= 0.3 is 0 Å². The highest BCUT2D eigenvalue weighted by Gasteiger charge is 2.29. The molecular formula is C19H24N6O3. The Kier molecular flexibility index (Phi) is 4.97. The predicted molar refractivity (Wildman–Crippen MR) is 101 cm³/mol. The highest BCUT2D eigenvalue weighted by atomic mass is 16.5. The van der Waals surface area contributed by atoms with Gasteiger partial charge in [0.05, 0.1) is 5.92 Å². The largest absolute Gasteiger partial charge is 0.340 e. The van der Waals surface area contributed by atoms with E-state index in [1.54, 1.807) is 27.6 Å². The summed E-state index contributed by atoms with van der Waals surface area (Å²) < 4.78 is 8.30. The Morgan fingerprint density at radius 3 is 3.07 bits per heavy atom. The molecule has 1 aliphatic heterocycles. The van der Waals surface area contributed by atoms with Gasteiger partial charge in [-0.2, -0.15) is 10.1 Å². The fourth-order valence-electron chi connectivity index (χ4n) is 3.61. The first-order valence-electron chi connectivity index (χ1n) is 9.64. The second-order valence-electron chi connectivity index (χ2n) is 7.72. The van der Waals surface area contributed by atoms with Crippen LogP contribution in [0.15, 0.2) is 34.0 Å². The van der Waals surface area contributed by atoms with E-state index in [2.05, 4.69) is 29.1 Å². The molecule has 0 bridgehead atoms. The maximum Gasteiger partial charge on any atom is 0.291 e. The Hall–Kier alpha value is -2.97. The van der Waals surface area contributed by atoms with Crippen molar-refractivity contribution in [3.05, 3.63) is 46.7 Å². The number of fused-ring (bicyclic) bond motifs is 1. The first-order chi connectivity index (χ1) is 13.5. The van der Waals surface area contributed by atoms with Crippen molar-refractivity contribution in [1.82, 2.24) is 29.2 Å². The molecule has 0 saturated carbocycles. The zero-order chi connectivity index (χ0) is 19.7. The maximum atomic E-state index is 12.8. The standard InChI is InChI=1S/C19H24N6O3/c1-13(2)9-16-21-18(28-22-16)14-5-3-7-23(10-14)17(26)11-25-19(27)15-6-4-8-24(15)12-20-25/h4,6,8,12-14H,3,5,7,9-11H2,1-2H3/t14-/m1/s1. The van der Waals surface area contributed by atoms with Crippen molar-refractivity contribution in [3.63, 3.8) is 0 Å². The van der Waals surface area contributed by atoms with E-state index in [0.29, 0.717) is 36.2 Å². The van der Waals surface area contributed by atoms with E-state index in [1.165, 1.54) is 11.0 Å². The molecule has 4 rings (SSSR count). The van der Waals surface area contributed by atoms with Crippen molar-refractivity contribution in [1.29, 1.82) is 0 Å². The van der Waals surface area contributed by atoms with E-state index < -0.39 is 0 Å². The monoisotopic (exact) mass is 384 g/mol. The molecule has 4 heterocycles. The number of carbonyl (C=O) groups excluding carboxylic acids is 1. The predicted octanol–water partition coefficient (Wildman–Crippen LogP) is 1.48. The van der Waals surface area contributed by atoms with Crippen molar-refractivity contribution in [2.45, 2.75) is 45.6 Å². The quantitative estimate of drug-likeness (QED) is 0.661. The van der Waals surface area contributed by atoms with Crippen LogP contribution < -0.4 is 5.56 Å². The number of hydrogen-bond acceptors (Lipinski definition) is 6. The minimum atomic E-state index is -0.273. The molecule has 3 aromatic rings. The summed E-state index contributed by atoms with van der Waals surface area (Å²) in [4.78, 5) is 31.5. The van der Waals surface area contributed by atoms with Crippen LogP contribution >= 0.6 is 0 Å². The maximum absolute atomic E-state index is 12.8. The first kappa shape index (κ1) is 18.4. The molecule has 0 aliphatic carbocycles. The zero-order valence-electron chi connectivity index (χ0n) is 16.1. The highest BCUT2D eigenvalue weighted by molar-refractivity contribution is 5.76. The number of aromatic nitrogens is 5. The van der Waals surface area contributed by atoms with Gasteiger partial charge in [-0.15, -0.1) is 0 Å². The summed E-state index contributed by atoms with van der Waals surface area (Å²) in [6.45, 7) is 5.32. The number of amides is 1. The molecular weight excluding hydrogens is 360 g/mol. The van der Waals surface area contributed by atoms with E-state index >= 15 is 0 Å². The second kappa shape index (κ2) is 7.57. The Bertz CT molecular complexity index is 1030. The van der Waals surface area contributed by atoms with Crippen molar-refractivity contribution in [2.24, 2.45) is 5.92 Å². The fourth-order valence-corrected chi connectivity index (χ4v) is 3.61. The molecule has 3 aromatic heterocycles. The van der Waals surface area contributed by atoms with Gasteiger partial charge in [-0.05, 0) is 30.9 Å². The lowest BCUT2D eigenvalue weighted by Crippen LogP contribution is -2.42. The Morgan fingerprint density at radius 1 is 1.39 bits per heavy atom. The van der Waals surface area contributed by atoms with Crippen LogP contribution in [-0.2, 0) is 17.8 Å². The summed E-state index contributed by atoms with van der Waals surface area (Å²) in [5, 5.41) is 8.16. The molecule has 0 aromatic carbocycles. The van der Waals surface area contributed by atoms with Gasteiger partial charge in [0.25, 0.3) is 5.56 Å². The number of nitrogens with zero attached hydrogens (tertiary/aromatic N) is 6. The summed E-state index contributed by atoms with van der Waals surface area (Å²) in [6, 6.07) is 3.49. The van der Waals surface area contributed by atoms with Gasteiger partial charge in [0.1, 0.15) is 18.4 Å².